The molecule has 0 heterocycles. The quantitative estimate of drug-likeness (QED) is 0.797. The SMILES string of the molecule is COC(=O)C(N)c1ccc(Cl)c(Cl)c1. The zero-order valence-corrected chi connectivity index (χ0v) is 8.97. The molecule has 1 atom stereocenters. The Morgan fingerprint density at radius 3 is 2.57 bits per heavy atom. The van der Waals surface area contributed by atoms with Crippen molar-refractivity contribution in [2.75, 3.05) is 7.11 Å². The topological polar surface area (TPSA) is 52.3 Å². The van der Waals surface area contributed by atoms with Crippen molar-refractivity contribution in [1.82, 2.24) is 0 Å². The average molecular weight is 234 g/mol. The molecule has 5 heteroatoms. The van der Waals surface area contributed by atoms with Crippen molar-refractivity contribution in [2.45, 2.75) is 6.04 Å². The first-order valence-electron chi connectivity index (χ1n) is 3.84. The predicted molar refractivity (Wildman–Crippen MR) is 55.4 cm³/mol. The van der Waals surface area contributed by atoms with Crippen LogP contribution in [0.5, 0.6) is 0 Å². The number of carbonyl (C=O) groups excluding carboxylic acids is 1. The van der Waals surface area contributed by atoms with Crippen molar-refractivity contribution >= 4 is 29.2 Å². The molecule has 0 saturated heterocycles. The molecule has 1 unspecified atom stereocenters. The number of esters is 1. The number of nitrogens with two attached hydrogens (primary N) is 1. The van der Waals surface area contributed by atoms with Gasteiger partial charge in [0, 0.05) is 0 Å². The third-order valence-corrected chi connectivity index (χ3v) is 2.50. The number of benzene rings is 1. The van der Waals surface area contributed by atoms with E-state index in [1.165, 1.54) is 7.11 Å². The van der Waals surface area contributed by atoms with Crippen molar-refractivity contribution in [3.05, 3.63) is 33.8 Å². The standard InChI is InChI=1S/C9H9Cl2NO2/c1-14-9(13)8(12)5-2-3-6(10)7(11)4-5/h2-4,8H,12H2,1H3. The van der Waals surface area contributed by atoms with E-state index in [1.54, 1.807) is 18.2 Å². The average Bonchev–Trinajstić information content (AvgIpc) is 2.20. The summed E-state index contributed by atoms with van der Waals surface area (Å²) in [5, 5.41) is 0.788. The van der Waals surface area contributed by atoms with E-state index < -0.39 is 12.0 Å². The highest BCUT2D eigenvalue weighted by Gasteiger charge is 2.16. The summed E-state index contributed by atoms with van der Waals surface area (Å²) < 4.78 is 4.50. The summed E-state index contributed by atoms with van der Waals surface area (Å²) in [5.41, 5.74) is 6.17. The smallest absolute Gasteiger partial charge is 0.327 e. The van der Waals surface area contributed by atoms with Crippen LogP contribution in [0.25, 0.3) is 0 Å². The van der Waals surface area contributed by atoms with E-state index in [4.69, 9.17) is 28.9 Å². The van der Waals surface area contributed by atoms with Gasteiger partial charge in [-0.1, -0.05) is 29.3 Å². The molecule has 0 bridgehead atoms. The van der Waals surface area contributed by atoms with Gasteiger partial charge >= 0.3 is 5.97 Å². The zero-order valence-electron chi connectivity index (χ0n) is 7.46. The summed E-state index contributed by atoms with van der Waals surface area (Å²) in [6, 6.07) is 3.94. The third-order valence-electron chi connectivity index (χ3n) is 1.76. The fourth-order valence-electron chi connectivity index (χ4n) is 0.969. The summed E-state index contributed by atoms with van der Waals surface area (Å²) in [4.78, 5) is 11.1. The van der Waals surface area contributed by atoms with Gasteiger partial charge in [-0.25, -0.2) is 0 Å². The fraction of sp³-hybridized carbons (Fsp3) is 0.222. The minimum atomic E-state index is -0.824. The second kappa shape index (κ2) is 4.64. The van der Waals surface area contributed by atoms with Gasteiger partial charge in [-0.15, -0.1) is 0 Å². The van der Waals surface area contributed by atoms with Gasteiger partial charge in [0.2, 0.25) is 0 Å². The van der Waals surface area contributed by atoms with Crippen molar-refractivity contribution in [3.63, 3.8) is 0 Å². The number of carbonyl (C=O) groups is 1. The molecule has 1 aromatic carbocycles. The van der Waals surface area contributed by atoms with E-state index >= 15 is 0 Å². The first kappa shape index (κ1) is 11.3. The first-order chi connectivity index (χ1) is 6.56. The van der Waals surface area contributed by atoms with Crippen molar-refractivity contribution in [3.8, 4) is 0 Å². The molecule has 2 N–H and O–H groups in total. The molecule has 0 radical (unpaired) electrons. The summed E-state index contributed by atoms with van der Waals surface area (Å²) in [5.74, 6) is -0.511. The van der Waals surface area contributed by atoms with Crippen LogP contribution >= 0.6 is 23.2 Å². The van der Waals surface area contributed by atoms with E-state index in [2.05, 4.69) is 4.74 Å². The van der Waals surface area contributed by atoms with Gasteiger partial charge < -0.3 is 10.5 Å². The Morgan fingerprint density at radius 2 is 2.07 bits per heavy atom. The van der Waals surface area contributed by atoms with E-state index in [0.717, 1.165) is 0 Å². The first-order valence-corrected chi connectivity index (χ1v) is 4.60. The molecule has 14 heavy (non-hydrogen) atoms. The largest absolute Gasteiger partial charge is 0.468 e. The van der Waals surface area contributed by atoms with Crippen molar-refractivity contribution in [1.29, 1.82) is 0 Å². The van der Waals surface area contributed by atoms with E-state index in [9.17, 15) is 4.79 Å². The number of ether oxygens (including phenoxy) is 1. The Hall–Kier alpha value is -0.770. The van der Waals surface area contributed by atoms with Gasteiger partial charge in [0.1, 0.15) is 6.04 Å². The molecule has 0 aliphatic carbocycles. The van der Waals surface area contributed by atoms with Gasteiger partial charge in [-0.2, -0.15) is 0 Å². The molecule has 0 aliphatic rings. The molecule has 76 valence electrons. The summed E-state index contributed by atoms with van der Waals surface area (Å²) >= 11 is 11.5. The van der Waals surface area contributed by atoms with Gasteiger partial charge in [-0.3, -0.25) is 4.79 Å². The lowest BCUT2D eigenvalue weighted by Crippen LogP contribution is -2.22. The van der Waals surface area contributed by atoms with Crippen molar-refractivity contribution < 1.29 is 9.53 Å². The van der Waals surface area contributed by atoms with Crippen LogP contribution in [0, 0.1) is 0 Å². The molecule has 0 aromatic heterocycles. The second-order valence-corrected chi connectivity index (χ2v) is 3.49. The summed E-state index contributed by atoms with van der Waals surface area (Å²) in [7, 11) is 1.28. The normalized spacial score (nSPS) is 12.3. The molecule has 0 aliphatic heterocycles. The Labute approximate surface area is 91.7 Å². The maximum atomic E-state index is 11.1. The number of methoxy groups -OCH3 is 1. The van der Waals surface area contributed by atoms with Crippen LogP contribution in [0.15, 0.2) is 18.2 Å². The fourth-order valence-corrected chi connectivity index (χ4v) is 1.28. The van der Waals surface area contributed by atoms with E-state index in [1.807, 2.05) is 0 Å². The summed E-state index contributed by atoms with van der Waals surface area (Å²) in [6.07, 6.45) is 0. The lowest BCUT2D eigenvalue weighted by Gasteiger charge is -2.09. The Morgan fingerprint density at radius 1 is 1.43 bits per heavy atom. The van der Waals surface area contributed by atoms with Gasteiger partial charge in [0.05, 0.1) is 17.2 Å². The van der Waals surface area contributed by atoms with Crippen LogP contribution in [0.2, 0.25) is 10.0 Å². The Kier molecular flexibility index (Phi) is 3.75. The Bertz CT molecular complexity index is 355. The van der Waals surface area contributed by atoms with Crippen LogP contribution in [0.3, 0.4) is 0 Å². The number of hydrogen-bond acceptors (Lipinski definition) is 3. The molecule has 0 saturated carbocycles. The Balaban J connectivity index is 2.96. The monoisotopic (exact) mass is 233 g/mol. The molecule has 0 fully saturated rings. The maximum absolute atomic E-state index is 11.1. The van der Waals surface area contributed by atoms with Crippen LogP contribution in [0.4, 0.5) is 0 Å². The van der Waals surface area contributed by atoms with Crippen LogP contribution in [0.1, 0.15) is 11.6 Å². The highest BCUT2D eigenvalue weighted by Crippen LogP contribution is 2.25. The predicted octanol–water partition coefficient (Wildman–Crippen LogP) is 2.17. The summed E-state index contributed by atoms with van der Waals surface area (Å²) in [6.45, 7) is 0. The highest BCUT2D eigenvalue weighted by atomic mass is 35.5. The molecular formula is C9H9Cl2NO2. The van der Waals surface area contributed by atoms with Gasteiger partial charge in [0.25, 0.3) is 0 Å². The minimum Gasteiger partial charge on any atom is -0.468 e. The second-order valence-electron chi connectivity index (χ2n) is 2.67. The third kappa shape index (κ3) is 2.38. The van der Waals surface area contributed by atoms with Crippen LogP contribution in [-0.2, 0) is 9.53 Å². The van der Waals surface area contributed by atoms with Gasteiger partial charge in [-0.05, 0) is 17.7 Å². The molecular weight excluding hydrogens is 225 g/mol. The van der Waals surface area contributed by atoms with Gasteiger partial charge in [0.15, 0.2) is 0 Å². The molecule has 0 amide bonds. The van der Waals surface area contributed by atoms with E-state index in [0.29, 0.717) is 15.6 Å². The number of hydrogen-bond donors (Lipinski definition) is 1. The van der Waals surface area contributed by atoms with E-state index in [-0.39, 0.29) is 0 Å². The highest BCUT2D eigenvalue weighted by molar-refractivity contribution is 6.42. The number of rotatable bonds is 2. The molecule has 1 rings (SSSR count). The lowest BCUT2D eigenvalue weighted by atomic mass is 10.1. The zero-order chi connectivity index (χ0) is 10.7. The van der Waals surface area contributed by atoms with Crippen LogP contribution in [-0.4, -0.2) is 13.1 Å². The molecule has 3 nitrogen and oxygen atoms in total. The lowest BCUT2D eigenvalue weighted by molar-refractivity contribution is -0.142. The molecule has 0 spiro atoms. The number of halogens is 2. The molecule has 1 aromatic rings. The minimum absolute atomic E-state index is 0.364. The maximum Gasteiger partial charge on any atom is 0.327 e. The van der Waals surface area contributed by atoms with Crippen molar-refractivity contribution in [2.24, 2.45) is 5.73 Å². The van der Waals surface area contributed by atoms with Crippen LogP contribution < -0.4 is 5.73 Å².